The number of likely N-dealkylation sites (tertiary alicyclic amines) is 1. The predicted octanol–water partition coefficient (Wildman–Crippen LogP) is 1.54. The van der Waals surface area contributed by atoms with Gasteiger partial charge < -0.3 is 20.1 Å². The lowest BCUT2D eigenvalue weighted by Gasteiger charge is -2.32. The Balaban J connectivity index is 0.00000242. The summed E-state index contributed by atoms with van der Waals surface area (Å²) in [6.07, 6.45) is 9.25. The second-order valence-corrected chi connectivity index (χ2v) is 5.56. The topological polar surface area (TPSA) is 57.5 Å². The molecule has 0 spiro atoms. The largest absolute Gasteiger partial charge is 0.355 e. The quantitative estimate of drug-likeness (QED) is 0.417. The molecular formula is C15H29IN6. The molecule has 7 heteroatoms. The van der Waals surface area contributed by atoms with Crippen LogP contribution in [0.1, 0.15) is 26.2 Å². The van der Waals surface area contributed by atoms with Crippen LogP contribution in [0.3, 0.4) is 0 Å². The molecule has 1 fully saturated rings. The fourth-order valence-corrected chi connectivity index (χ4v) is 2.73. The van der Waals surface area contributed by atoms with E-state index in [1.165, 1.54) is 38.9 Å². The Labute approximate surface area is 150 Å². The Morgan fingerprint density at radius 3 is 2.68 bits per heavy atom. The summed E-state index contributed by atoms with van der Waals surface area (Å²) in [5.41, 5.74) is 0. The van der Waals surface area contributed by atoms with Crippen LogP contribution in [0.25, 0.3) is 0 Å². The molecule has 1 aromatic heterocycles. The van der Waals surface area contributed by atoms with Gasteiger partial charge >= 0.3 is 0 Å². The first-order valence-electron chi connectivity index (χ1n) is 7.97. The lowest BCUT2D eigenvalue weighted by Crippen LogP contribution is -2.49. The molecule has 0 radical (unpaired) electrons. The van der Waals surface area contributed by atoms with E-state index >= 15 is 0 Å². The van der Waals surface area contributed by atoms with Gasteiger partial charge in [-0.25, -0.2) is 4.98 Å². The number of hydrogen-bond acceptors (Lipinski definition) is 3. The smallest absolute Gasteiger partial charge is 0.191 e. The summed E-state index contributed by atoms with van der Waals surface area (Å²) < 4.78 is 2.06. The second kappa shape index (κ2) is 10.8. The highest BCUT2D eigenvalue weighted by atomic mass is 127. The SMILES string of the molecule is CCCN1CCC(NC(=NC)NCCn2ccnc2)CC1.I. The molecule has 0 saturated carbocycles. The molecule has 6 nitrogen and oxygen atoms in total. The van der Waals surface area contributed by atoms with Gasteiger partial charge in [0, 0.05) is 51.7 Å². The van der Waals surface area contributed by atoms with Crippen LogP contribution >= 0.6 is 24.0 Å². The van der Waals surface area contributed by atoms with E-state index in [1.807, 2.05) is 19.6 Å². The van der Waals surface area contributed by atoms with Crippen LogP contribution < -0.4 is 10.6 Å². The minimum Gasteiger partial charge on any atom is -0.355 e. The van der Waals surface area contributed by atoms with Crippen LogP contribution in [-0.4, -0.2) is 59.7 Å². The average molecular weight is 420 g/mol. The van der Waals surface area contributed by atoms with E-state index in [2.05, 4.69) is 37.0 Å². The number of imidazole rings is 1. The Hall–Kier alpha value is -0.830. The number of aromatic nitrogens is 2. The summed E-state index contributed by atoms with van der Waals surface area (Å²) >= 11 is 0. The number of hydrogen-bond donors (Lipinski definition) is 2. The highest BCUT2D eigenvalue weighted by molar-refractivity contribution is 14.0. The zero-order valence-electron chi connectivity index (χ0n) is 13.7. The van der Waals surface area contributed by atoms with E-state index in [4.69, 9.17) is 0 Å². The van der Waals surface area contributed by atoms with Crippen LogP contribution in [-0.2, 0) is 6.54 Å². The van der Waals surface area contributed by atoms with Crippen LogP contribution in [0.4, 0.5) is 0 Å². The van der Waals surface area contributed by atoms with Gasteiger partial charge in [-0.2, -0.15) is 0 Å². The van der Waals surface area contributed by atoms with Crippen molar-refractivity contribution in [3.8, 4) is 0 Å². The number of guanidine groups is 1. The molecule has 1 aliphatic heterocycles. The first-order chi connectivity index (χ1) is 10.3. The lowest BCUT2D eigenvalue weighted by molar-refractivity contribution is 0.206. The monoisotopic (exact) mass is 420 g/mol. The maximum absolute atomic E-state index is 4.31. The van der Waals surface area contributed by atoms with Crippen LogP contribution in [0.15, 0.2) is 23.7 Å². The summed E-state index contributed by atoms with van der Waals surface area (Å²) in [5, 5.41) is 6.90. The van der Waals surface area contributed by atoms with Gasteiger partial charge in [-0.15, -0.1) is 24.0 Å². The molecule has 126 valence electrons. The van der Waals surface area contributed by atoms with E-state index in [1.54, 1.807) is 6.20 Å². The molecule has 2 rings (SSSR count). The first kappa shape index (κ1) is 19.2. The fraction of sp³-hybridized carbons (Fsp3) is 0.733. The molecule has 1 aliphatic rings. The number of nitrogens with one attached hydrogen (secondary N) is 2. The molecule has 0 bridgehead atoms. The van der Waals surface area contributed by atoms with Gasteiger partial charge in [0.05, 0.1) is 6.33 Å². The molecule has 1 aromatic rings. The van der Waals surface area contributed by atoms with Gasteiger partial charge in [0.1, 0.15) is 0 Å². The number of rotatable bonds is 6. The molecule has 0 unspecified atom stereocenters. The minimum atomic E-state index is 0. The van der Waals surface area contributed by atoms with E-state index in [0.717, 1.165) is 19.0 Å². The van der Waals surface area contributed by atoms with Crippen molar-refractivity contribution in [1.29, 1.82) is 0 Å². The number of aliphatic imine (C=N–C) groups is 1. The van der Waals surface area contributed by atoms with E-state index < -0.39 is 0 Å². The van der Waals surface area contributed by atoms with Crippen molar-refractivity contribution in [2.24, 2.45) is 4.99 Å². The Morgan fingerprint density at radius 2 is 2.09 bits per heavy atom. The molecule has 0 amide bonds. The average Bonchev–Trinajstić information content (AvgIpc) is 3.01. The normalized spacial score (nSPS) is 17.1. The van der Waals surface area contributed by atoms with Crippen molar-refractivity contribution >= 4 is 29.9 Å². The van der Waals surface area contributed by atoms with E-state index in [9.17, 15) is 0 Å². The second-order valence-electron chi connectivity index (χ2n) is 5.56. The van der Waals surface area contributed by atoms with Crippen molar-refractivity contribution in [2.75, 3.05) is 33.2 Å². The third kappa shape index (κ3) is 6.51. The maximum Gasteiger partial charge on any atom is 0.191 e. The molecule has 22 heavy (non-hydrogen) atoms. The van der Waals surface area contributed by atoms with Crippen molar-refractivity contribution in [2.45, 2.75) is 38.8 Å². The summed E-state index contributed by atoms with van der Waals surface area (Å²) in [6, 6.07) is 0.539. The molecule has 0 aromatic carbocycles. The van der Waals surface area contributed by atoms with Gasteiger partial charge in [0.25, 0.3) is 0 Å². The zero-order chi connectivity index (χ0) is 14.9. The van der Waals surface area contributed by atoms with Crippen molar-refractivity contribution in [3.05, 3.63) is 18.7 Å². The Morgan fingerprint density at radius 1 is 1.32 bits per heavy atom. The third-order valence-electron chi connectivity index (χ3n) is 3.91. The number of piperidine rings is 1. The van der Waals surface area contributed by atoms with Crippen LogP contribution in [0.5, 0.6) is 0 Å². The van der Waals surface area contributed by atoms with Crippen molar-refractivity contribution in [3.63, 3.8) is 0 Å². The van der Waals surface area contributed by atoms with Gasteiger partial charge in [0.15, 0.2) is 5.96 Å². The summed E-state index contributed by atoms with van der Waals surface area (Å²) in [7, 11) is 1.83. The first-order valence-corrected chi connectivity index (χ1v) is 7.97. The van der Waals surface area contributed by atoms with Crippen molar-refractivity contribution < 1.29 is 0 Å². The summed E-state index contributed by atoms with van der Waals surface area (Å²) in [5.74, 6) is 0.907. The Bertz CT molecular complexity index is 412. The molecule has 2 N–H and O–H groups in total. The molecule has 0 atom stereocenters. The van der Waals surface area contributed by atoms with E-state index in [-0.39, 0.29) is 24.0 Å². The highest BCUT2D eigenvalue weighted by Gasteiger charge is 2.19. The molecular weight excluding hydrogens is 391 g/mol. The predicted molar refractivity (Wildman–Crippen MR) is 102 cm³/mol. The van der Waals surface area contributed by atoms with Gasteiger partial charge in [-0.1, -0.05) is 6.92 Å². The van der Waals surface area contributed by atoms with Gasteiger partial charge in [-0.3, -0.25) is 4.99 Å². The molecule has 1 saturated heterocycles. The number of halogens is 1. The summed E-state index contributed by atoms with van der Waals surface area (Å²) in [4.78, 5) is 10.9. The van der Waals surface area contributed by atoms with Gasteiger partial charge in [0.2, 0.25) is 0 Å². The van der Waals surface area contributed by atoms with Crippen LogP contribution in [0, 0.1) is 0 Å². The Kier molecular flexibility index (Phi) is 9.45. The molecule has 0 aliphatic carbocycles. The fourth-order valence-electron chi connectivity index (χ4n) is 2.73. The third-order valence-corrected chi connectivity index (χ3v) is 3.91. The van der Waals surface area contributed by atoms with E-state index in [0.29, 0.717) is 6.04 Å². The highest BCUT2D eigenvalue weighted by Crippen LogP contribution is 2.10. The van der Waals surface area contributed by atoms with Crippen molar-refractivity contribution in [1.82, 2.24) is 25.1 Å². The molecule has 2 heterocycles. The lowest BCUT2D eigenvalue weighted by atomic mass is 10.1. The maximum atomic E-state index is 4.31. The number of nitrogens with zero attached hydrogens (tertiary/aromatic N) is 4. The zero-order valence-corrected chi connectivity index (χ0v) is 16.0. The summed E-state index contributed by atoms with van der Waals surface area (Å²) in [6.45, 7) is 7.61. The minimum absolute atomic E-state index is 0. The van der Waals surface area contributed by atoms with Gasteiger partial charge in [-0.05, 0) is 25.8 Å². The standard InChI is InChI=1S/C15H28N6.HI/c1-3-8-20-9-4-14(5-10-20)19-15(16-2)18-7-12-21-11-6-17-13-21;/h6,11,13-14H,3-5,7-10,12H2,1-2H3,(H2,16,18,19);1H. The van der Waals surface area contributed by atoms with Crippen LogP contribution in [0.2, 0.25) is 0 Å².